The molecule has 1 fully saturated rings. The van der Waals surface area contributed by atoms with E-state index in [4.69, 9.17) is 9.84 Å². The number of aliphatic carboxylic acids is 1. The minimum atomic E-state index is -4.50. The van der Waals surface area contributed by atoms with Crippen LogP contribution in [0.4, 0.5) is 13.2 Å². The highest BCUT2D eigenvalue weighted by Crippen LogP contribution is 2.55. The molecule has 2 atom stereocenters. The molecule has 2 unspecified atom stereocenters. The molecule has 0 heterocycles. The highest BCUT2D eigenvalue weighted by Gasteiger charge is 2.54. The third-order valence-corrected chi connectivity index (χ3v) is 5.48. The Bertz CT molecular complexity index is 640. The molecule has 0 saturated heterocycles. The molecule has 160 valence electrons. The molecular formula is C22H33F3O3. The normalized spacial score (nSPS) is 25.9. The van der Waals surface area contributed by atoms with E-state index in [0.717, 1.165) is 25.0 Å². The lowest BCUT2D eigenvalue weighted by Gasteiger charge is -2.52. The number of carboxylic acids is 1. The zero-order chi connectivity index (χ0) is 21.8. The van der Waals surface area contributed by atoms with Gasteiger partial charge in [-0.25, -0.2) is 4.79 Å². The molecule has 1 rings (SSSR count). The van der Waals surface area contributed by atoms with Crippen LogP contribution in [0.5, 0.6) is 0 Å². The summed E-state index contributed by atoms with van der Waals surface area (Å²) >= 11 is 0. The quantitative estimate of drug-likeness (QED) is 0.400. The Morgan fingerprint density at radius 2 is 1.75 bits per heavy atom. The zero-order valence-corrected chi connectivity index (χ0v) is 17.7. The first-order chi connectivity index (χ1) is 12.7. The van der Waals surface area contributed by atoms with Crippen LogP contribution in [0.3, 0.4) is 0 Å². The Morgan fingerprint density at radius 3 is 2.25 bits per heavy atom. The number of carbonyl (C=O) groups is 1. The van der Waals surface area contributed by atoms with Crippen molar-refractivity contribution in [3.8, 4) is 0 Å². The van der Waals surface area contributed by atoms with E-state index in [1.54, 1.807) is 0 Å². The monoisotopic (exact) mass is 402 g/mol. The number of allylic oxidation sites excluding steroid dienone is 4. The summed E-state index contributed by atoms with van der Waals surface area (Å²) in [6, 6.07) is 0. The first-order valence-electron chi connectivity index (χ1n) is 9.70. The first kappa shape index (κ1) is 24.5. The van der Waals surface area contributed by atoms with Crippen molar-refractivity contribution in [1.82, 2.24) is 0 Å². The topological polar surface area (TPSA) is 46.5 Å². The first-order valence-corrected chi connectivity index (χ1v) is 9.70. The lowest BCUT2D eigenvalue weighted by molar-refractivity contribution is -0.154. The summed E-state index contributed by atoms with van der Waals surface area (Å²) in [5, 5.41) is 8.75. The second-order valence-electron chi connectivity index (χ2n) is 8.95. The van der Waals surface area contributed by atoms with E-state index in [2.05, 4.69) is 0 Å². The molecule has 0 aliphatic heterocycles. The molecule has 1 N–H and O–H groups in total. The average molecular weight is 402 g/mol. The largest absolute Gasteiger partial charge is 0.478 e. The maximum absolute atomic E-state index is 14.1. The summed E-state index contributed by atoms with van der Waals surface area (Å²) in [5.74, 6) is -1.94. The fraction of sp³-hybridized carbons (Fsp3) is 0.682. The van der Waals surface area contributed by atoms with E-state index in [0.29, 0.717) is 18.6 Å². The van der Waals surface area contributed by atoms with Crippen molar-refractivity contribution in [2.75, 3.05) is 6.61 Å². The van der Waals surface area contributed by atoms with Crippen LogP contribution in [0.1, 0.15) is 60.8 Å². The summed E-state index contributed by atoms with van der Waals surface area (Å²) in [6.45, 7) is 11.6. The van der Waals surface area contributed by atoms with Gasteiger partial charge in [-0.1, -0.05) is 52.8 Å². The summed E-state index contributed by atoms with van der Waals surface area (Å²) in [5.41, 5.74) is -1.20. The molecule has 0 radical (unpaired) electrons. The van der Waals surface area contributed by atoms with Gasteiger partial charge in [0.2, 0.25) is 0 Å². The number of hydrogen-bond donors (Lipinski definition) is 1. The molecule has 0 aromatic carbocycles. The zero-order valence-electron chi connectivity index (χ0n) is 17.7. The number of ether oxygens (including phenoxy) is 1. The Kier molecular flexibility index (Phi) is 8.12. The number of hydrogen-bond acceptors (Lipinski definition) is 2. The lowest BCUT2D eigenvalue weighted by Crippen LogP contribution is -2.52. The number of rotatable bonds is 7. The van der Waals surface area contributed by atoms with Crippen molar-refractivity contribution in [3.05, 3.63) is 35.5 Å². The fourth-order valence-corrected chi connectivity index (χ4v) is 3.87. The number of halogens is 3. The molecule has 28 heavy (non-hydrogen) atoms. The van der Waals surface area contributed by atoms with E-state index in [1.807, 2.05) is 34.6 Å². The molecular weight excluding hydrogens is 369 g/mol. The Labute approximate surface area is 166 Å². The molecule has 0 amide bonds. The summed E-state index contributed by atoms with van der Waals surface area (Å²) in [6.07, 6.45) is 1.86. The molecule has 1 aliphatic rings. The Morgan fingerprint density at radius 1 is 1.18 bits per heavy atom. The molecule has 0 aromatic rings. The van der Waals surface area contributed by atoms with E-state index in [9.17, 15) is 18.0 Å². The molecule has 0 bridgehead atoms. The van der Waals surface area contributed by atoms with Gasteiger partial charge in [0, 0.05) is 24.2 Å². The van der Waals surface area contributed by atoms with E-state index in [1.165, 1.54) is 19.1 Å². The highest BCUT2D eigenvalue weighted by atomic mass is 19.4. The molecule has 1 saturated carbocycles. The summed E-state index contributed by atoms with van der Waals surface area (Å²) < 4.78 is 48.2. The number of carboxylic acid groups (broad SMARTS) is 1. The summed E-state index contributed by atoms with van der Waals surface area (Å²) in [7, 11) is 0. The standard InChI is InChI=1S/C22H33F3O3/c1-7-13-28-19-18(20(3,4)11-12-21(19,5)6)16(22(23,24)25)10-8-9-15(2)14-17(26)27/h8-10,14,18-19H,7,11-13H2,1-6H3,(H,26,27)/b9-8+,15-14+,16-10+. The fourth-order valence-electron chi connectivity index (χ4n) is 3.87. The van der Waals surface area contributed by atoms with Crippen molar-refractivity contribution in [2.24, 2.45) is 16.7 Å². The minimum Gasteiger partial charge on any atom is -0.478 e. The van der Waals surface area contributed by atoms with E-state index < -0.39 is 35.2 Å². The highest BCUT2D eigenvalue weighted by molar-refractivity contribution is 5.81. The van der Waals surface area contributed by atoms with Gasteiger partial charge in [-0.05, 0) is 42.6 Å². The summed E-state index contributed by atoms with van der Waals surface area (Å²) in [4.78, 5) is 10.7. The predicted octanol–water partition coefficient (Wildman–Crippen LogP) is 6.32. The van der Waals surface area contributed by atoms with Crippen LogP contribution in [-0.2, 0) is 9.53 Å². The smallest absolute Gasteiger partial charge is 0.413 e. The minimum absolute atomic E-state index is 0.368. The van der Waals surface area contributed by atoms with E-state index >= 15 is 0 Å². The molecule has 3 nitrogen and oxygen atoms in total. The Hall–Kier alpha value is -1.56. The van der Waals surface area contributed by atoms with Gasteiger partial charge in [0.05, 0.1) is 6.10 Å². The third kappa shape index (κ3) is 6.50. The SMILES string of the molecule is CCCOC1C(\C(=C/C=C/C(C)=C/C(=O)O)C(F)(F)F)C(C)(C)CCC1(C)C. The van der Waals surface area contributed by atoms with Gasteiger partial charge in [0.1, 0.15) is 0 Å². The molecule has 0 aromatic heterocycles. The number of alkyl halides is 3. The van der Waals surface area contributed by atoms with Crippen LogP contribution < -0.4 is 0 Å². The van der Waals surface area contributed by atoms with Crippen molar-refractivity contribution in [1.29, 1.82) is 0 Å². The molecule has 0 spiro atoms. The van der Waals surface area contributed by atoms with Crippen molar-refractivity contribution in [2.45, 2.75) is 73.1 Å². The van der Waals surface area contributed by atoms with Crippen LogP contribution in [-0.4, -0.2) is 30.0 Å². The van der Waals surface area contributed by atoms with Gasteiger partial charge in [-0.3, -0.25) is 0 Å². The second-order valence-corrected chi connectivity index (χ2v) is 8.95. The van der Waals surface area contributed by atoms with Crippen LogP contribution in [0.15, 0.2) is 35.5 Å². The van der Waals surface area contributed by atoms with Gasteiger partial charge in [0.25, 0.3) is 0 Å². The maximum Gasteiger partial charge on any atom is 0.413 e. The predicted molar refractivity (Wildman–Crippen MR) is 105 cm³/mol. The van der Waals surface area contributed by atoms with Gasteiger partial charge >= 0.3 is 12.1 Å². The molecule has 1 aliphatic carbocycles. The van der Waals surface area contributed by atoms with Crippen LogP contribution in [0, 0.1) is 16.7 Å². The molecule has 6 heteroatoms. The van der Waals surface area contributed by atoms with Gasteiger partial charge in [-0.15, -0.1) is 0 Å². The van der Waals surface area contributed by atoms with Gasteiger partial charge in [0.15, 0.2) is 0 Å². The van der Waals surface area contributed by atoms with Crippen LogP contribution in [0.25, 0.3) is 0 Å². The van der Waals surface area contributed by atoms with Crippen molar-refractivity contribution < 1.29 is 27.8 Å². The van der Waals surface area contributed by atoms with E-state index in [-0.39, 0.29) is 5.41 Å². The van der Waals surface area contributed by atoms with Crippen LogP contribution in [0.2, 0.25) is 0 Å². The average Bonchev–Trinajstić information content (AvgIpc) is 2.51. The van der Waals surface area contributed by atoms with Gasteiger partial charge in [-0.2, -0.15) is 13.2 Å². The van der Waals surface area contributed by atoms with Gasteiger partial charge < -0.3 is 9.84 Å². The maximum atomic E-state index is 14.1. The second kappa shape index (κ2) is 9.29. The van der Waals surface area contributed by atoms with Crippen molar-refractivity contribution >= 4 is 5.97 Å². The lowest BCUT2D eigenvalue weighted by atomic mass is 9.56. The van der Waals surface area contributed by atoms with Crippen molar-refractivity contribution in [3.63, 3.8) is 0 Å². The van der Waals surface area contributed by atoms with Crippen LogP contribution >= 0.6 is 0 Å². The third-order valence-electron chi connectivity index (χ3n) is 5.48. The Balaban J connectivity index is 3.43.